The van der Waals surface area contributed by atoms with Crippen LogP contribution in [-0.2, 0) is 20.4 Å². The summed E-state index contributed by atoms with van der Waals surface area (Å²) in [4.78, 5) is 41.0. The van der Waals surface area contributed by atoms with Crippen molar-refractivity contribution in [2.24, 2.45) is 0 Å². The molecule has 0 radical (unpaired) electrons. The quantitative estimate of drug-likeness (QED) is 0.175. The van der Waals surface area contributed by atoms with Gasteiger partial charge in [0.15, 0.2) is 11.6 Å². The molecule has 1 aromatic carbocycles. The van der Waals surface area contributed by atoms with Crippen LogP contribution in [0.15, 0.2) is 24.5 Å². The molecular formula is C29H41N7O6. The Hall–Kier alpha value is -3.84. The van der Waals surface area contributed by atoms with Crippen molar-refractivity contribution in [2.75, 3.05) is 13.1 Å². The van der Waals surface area contributed by atoms with Gasteiger partial charge in [0, 0.05) is 36.1 Å². The van der Waals surface area contributed by atoms with Crippen molar-refractivity contribution in [3.8, 4) is 5.75 Å². The van der Waals surface area contributed by atoms with E-state index in [2.05, 4.69) is 27.8 Å². The van der Waals surface area contributed by atoms with E-state index in [1.165, 1.54) is 4.90 Å². The molecule has 13 heteroatoms. The van der Waals surface area contributed by atoms with Crippen molar-refractivity contribution in [3.05, 3.63) is 41.2 Å². The van der Waals surface area contributed by atoms with Gasteiger partial charge in [0.05, 0.1) is 24.4 Å². The molecule has 8 N–H and O–H groups in total. The minimum atomic E-state index is -2.64. The van der Waals surface area contributed by atoms with Gasteiger partial charge in [0.25, 0.3) is 5.91 Å². The summed E-state index contributed by atoms with van der Waals surface area (Å²) in [6.07, 6.45) is 0.207. The smallest absolute Gasteiger partial charge is 0.251 e. The van der Waals surface area contributed by atoms with Gasteiger partial charge in [-0.05, 0) is 23.0 Å². The van der Waals surface area contributed by atoms with E-state index in [1.807, 2.05) is 41.5 Å². The number of nitrogens with zero attached hydrogens (tertiary/aromatic N) is 2. The monoisotopic (exact) mass is 583 g/mol. The molecule has 42 heavy (non-hydrogen) atoms. The lowest BCUT2D eigenvalue weighted by molar-refractivity contribution is -0.233. The number of carbonyl (C=O) groups is 3. The average molecular weight is 584 g/mol. The summed E-state index contributed by atoms with van der Waals surface area (Å²) < 4.78 is 0. The van der Waals surface area contributed by atoms with Crippen molar-refractivity contribution in [1.82, 2.24) is 31.1 Å². The Balaban J connectivity index is 1.48. The molecule has 1 spiro atoms. The average Bonchev–Trinajstić information content (AvgIpc) is 3.45. The molecule has 3 amide bonds. The van der Waals surface area contributed by atoms with E-state index in [0.717, 1.165) is 4.90 Å². The van der Waals surface area contributed by atoms with Gasteiger partial charge >= 0.3 is 0 Å². The lowest BCUT2D eigenvalue weighted by Crippen LogP contribution is -2.81. The van der Waals surface area contributed by atoms with Gasteiger partial charge < -0.3 is 41.5 Å². The van der Waals surface area contributed by atoms with Crippen molar-refractivity contribution < 1.29 is 29.7 Å². The van der Waals surface area contributed by atoms with E-state index in [4.69, 9.17) is 5.41 Å². The van der Waals surface area contributed by atoms with Crippen molar-refractivity contribution in [1.29, 1.82) is 5.41 Å². The normalized spacial score (nSPS) is 28.7. The zero-order chi connectivity index (χ0) is 31.2. The predicted octanol–water partition coefficient (Wildman–Crippen LogP) is -0.133. The zero-order valence-electron chi connectivity index (χ0n) is 24.9. The maximum atomic E-state index is 13.7. The predicted molar refractivity (Wildman–Crippen MR) is 153 cm³/mol. The SMILES string of the molecule is C=C1N[C@H]2[C@H](CN3C(=O)CCC3=O)NC(=N)N3C[C@H](NC(=O)c4cc(C(C)(C)C)c(O)c(C(C)(C)C)c4)C(O)(O)[C@]23N1. The van der Waals surface area contributed by atoms with Gasteiger partial charge in [-0.2, -0.15) is 0 Å². The number of aromatic hydroxyl groups is 1. The summed E-state index contributed by atoms with van der Waals surface area (Å²) >= 11 is 0. The first-order valence-corrected chi connectivity index (χ1v) is 14.1. The molecule has 4 aliphatic rings. The Kier molecular flexibility index (Phi) is 6.59. The number of hydrogen-bond acceptors (Lipinski definition) is 9. The van der Waals surface area contributed by atoms with Crippen LogP contribution in [0.25, 0.3) is 0 Å². The first-order chi connectivity index (χ1) is 19.3. The first kappa shape index (κ1) is 29.6. The number of hydrogen-bond donors (Lipinski definition) is 8. The van der Waals surface area contributed by atoms with Crippen LogP contribution < -0.4 is 21.3 Å². The Labute approximate surface area is 244 Å². The fourth-order valence-corrected chi connectivity index (χ4v) is 6.58. The number of nitrogens with one attached hydrogen (secondary N) is 5. The number of rotatable bonds is 4. The van der Waals surface area contributed by atoms with Crippen LogP contribution in [0.2, 0.25) is 0 Å². The number of phenols is 1. The lowest BCUT2D eigenvalue weighted by Gasteiger charge is -2.51. The topological polar surface area (TPSA) is 190 Å². The minimum absolute atomic E-state index is 0.0892. The standard InChI is InChI=1S/C29H41N7O6/c1-14-31-23-18(12-35-20(37)8-9-21(35)38)32-25(30)36-13-19(29(41,42)28(23,36)34-14)33-24(40)15-10-16(26(2,3)4)22(39)17(11-15)27(5,6)7/h10-11,18-19,23,31,34,39,41-42H,1,8-9,12-13H2,2-7H3,(H2,30,32)(H,33,40)/t18-,19-,23-,28-/m0/s1. The highest BCUT2D eigenvalue weighted by Crippen LogP contribution is 2.45. The summed E-state index contributed by atoms with van der Waals surface area (Å²) in [5, 5.41) is 55.2. The van der Waals surface area contributed by atoms with Gasteiger partial charge in [-0.3, -0.25) is 24.7 Å². The Morgan fingerprint density at radius 2 is 1.62 bits per heavy atom. The Bertz CT molecular complexity index is 1340. The highest BCUT2D eigenvalue weighted by molar-refractivity contribution is 6.02. The molecule has 1 aromatic rings. The Morgan fingerprint density at radius 1 is 1.07 bits per heavy atom. The van der Waals surface area contributed by atoms with Crippen LogP contribution in [0.3, 0.4) is 0 Å². The van der Waals surface area contributed by atoms with Crippen LogP contribution in [0.5, 0.6) is 5.75 Å². The number of imide groups is 1. The number of phenolic OH excluding ortho intramolecular Hbond substituents is 1. The second kappa shape index (κ2) is 9.33. The van der Waals surface area contributed by atoms with Gasteiger partial charge in [-0.1, -0.05) is 48.1 Å². The molecule has 0 saturated carbocycles. The molecule has 228 valence electrons. The summed E-state index contributed by atoms with van der Waals surface area (Å²) in [6.45, 7) is 15.3. The van der Waals surface area contributed by atoms with E-state index in [1.54, 1.807) is 12.1 Å². The van der Waals surface area contributed by atoms with E-state index < -0.39 is 46.3 Å². The molecule has 0 aliphatic carbocycles. The molecule has 13 nitrogen and oxygen atoms in total. The number of carbonyl (C=O) groups excluding carboxylic acids is 3. The summed E-state index contributed by atoms with van der Waals surface area (Å²) in [6, 6.07) is 0.334. The van der Waals surface area contributed by atoms with Gasteiger partial charge in [0.2, 0.25) is 17.6 Å². The third kappa shape index (κ3) is 4.37. The van der Waals surface area contributed by atoms with E-state index in [0.29, 0.717) is 11.1 Å². The number of benzene rings is 1. The van der Waals surface area contributed by atoms with E-state index >= 15 is 0 Å². The van der Waals surface area contributed by atoms with Crippen molar-refractivity contribution >= 4 is 23.7 Å². The number of likely N-dealkylation sites (tertiary alicyclic amines) is 1. The maximum absolute atomic E-state index is 13.7. The second-order valence-corrected chi connectivity index (χ2v) is 13.8. The molecule has 4 fully saturated rings. The van der Waals surface area contributed by atoms with Crippen LogP contribution in [0.4, 0.5) is 0 Å². The lowest BCUT2D eigenvalue weighted by atomic mass is 9.78. The summed E-state index contributed by atoms with van der Waals surface area (Å²) in [5.41, 5.74) is -1.29. The molecule has 5 rings (SSSR count). The summed E-state index contributed by atoms with van der Waals surface area (Å²) in [7, 11) is 0. The highest BCUT2D eigenvalue weighted by atomic mass is 16.5. The maximum Gasteiger partial charge on any atom is 0.251 e. The van der Waals surface area contributed by atoms with Gasteiger partial charge in [-0.15, -0.1) is 0 Å². The Morgan fingerprint density at radius 3 is 2.14 bits per heavy atom. The number of amides is 3. The van der Waals surface area contributed by atoms with Crippen LogP contribution in [-0.4, -0.2) is 91.5 Å². The molecule has 4 heterocycles. The van der Waals surface area contributed by atoms with Crippen LogP contribution in [0.1, 0.15) is 75.9 Å². The third-order valence-electron chi connectivity index (χ3n) is 8.78. The first-order valence-electron chi connectivity index (χ1n) is 14.1. The van der Waals surface area contributed by atoms with Crippen molar-refractivity contribution in [3.63, 3.8) is 0 Å². The molecule has 0 bridgehead atoms. The van der Waals surface area contributed by atoms with Gasteiger partial charge in [0.1, 0.15) is 11.8 Å². The zero-order valence-corrected chi connectivity index (χ0v) is 24.9. The minimum Gasteiger partial charge on any atom is -0.507 e. The summed E-state index contributed by atoms with van der Waals surface area (Å²) in [5.74, 6) is -3.67. The fraction of sp³-hybridized carbons (Fsp3) is 0.586. The third-order valence-corrected chi connectivity index (χ3v) is 8.78. The fourth-order valence-electron chi connectivity index (χ4n) is 6.58. The molecule has 0 unspecified atom stereocenters. The van der Waals surface area contributed by atoms with Crippen molar-refractivity contribution in [2.45, 2.75) is 94.8 Å². The van der Waals surface area contributed by atoms with Gasteiger partial charge in [-0.25, -0.2) is 0 Å². The molecule has 4 atom stereocenters. The molecular weight excluding hydrogens is 542 g/mol. The number of guanidine groups is 1. The van der Waals surface area contributed by atoms with E-state index in [-0.39, 0.29) is 60.8 Å². The van der Waals surface area contributed by atoms with Crippen LogP contribution >= 0.6 is 0 Å². The second-order valence-electron chi connectivity index (χ2n) is 13.8. The highest BCUT2D eigenvalue weighted by Gasteiger charge is 2.74. The number of aliphatic hydroxyl groups is 2. The largest absolute Gasteiger partial charge is 0.507 e. The van der Waals surface area contributed by atoms with Crippen LogP contribution in [0, 0.1) is 5.41 Å². The molecule has 0 aromatic heterocycles. The molecule has 4 aliphatic heterocycles. The van der Waals surface area contributed by atoms with E-state index in [9.17, 15) is 29.7 Å². The molecule has 4 saturated heterocycles.